The minimum absolute atomic E-state index is 0.164. The molecule has 4 aliphatic rings. The molecule has 236 valence electrons. The fourth-order valence-electron chi connectivity index (χ4n) is 7.75. The van der Waals surface area contributed by atoms with Crippen molar-refractivity contribution in [3.05, 3.63) is 106 Å². The first-order valence-corrected chi connectivity index (χ1v) is 14.9. The first kappa shape index (κ1) is 29.7. The molecule has 0 aromatic heterocycles. The molecule has 1 aliphatic heterocycles. The van der Waals surface area contributed by atoms with Gasteiger partial charge in [-0.05, 0) is 51.2 Å². The number of nitrogens with one attached hydrogen (secondary N) is 1. The molecule has 0 saturated heterocycles. The molecule has 7 rings (SSSR count). The van der Waals surface area contributed by atoms with Crippen molar-refractivity contribution in [3.8, 4) is 17.2 Å². The van der Waals surface area contributed by atoms with Gasteiger partial charge in [-0.3, -0.25) is 19.3 Å². The second-order valence-corrected chi connectivity index (χ2v) is 12.7. The maximum Gasteiger partial charge on any atom is 0.259 e. The third-order valence-electron chi connectivity index (χ3n) is 9.96. The number of carbonyl (C=O) groups is 3. The first-order valence-electron chi connectivity index (χ1n) is 14.9. The van der Waals surface area contributed by atoms with Crippen molar-refractivity contribution in [2.75, 3.05) is 14.1 Å². The van der Waals surface area contributed by atoms with Crippen LogP contribution >= 0.6 is 0 Å². The summed E-state index contributed by atoms with van der Waals surface area (Å²) >= 11 is 0. The van der Waals surface area contributed by atoms with Gasteiger partial charge in [-0.1, -0.05) is 48.5 Å². The lowest BCUT2D eigenvalue weighted by molar-refractivity contribution is -0.159. The molecule has 3 aromatic carbocycles. The summed E-state index contributed by atoms with van der Waals surface area (Å²) in [7, 11) is 3.09. The lowest BCUT2D eigenvalue weighted by Gasteiger charge is -2.53. The number of likely N-dealkylation sites (N-methyl/N-ethyl adjacent to an activating group) is 1. The van der Waals surface area contributed by atoms with Crippen molar-refractivity contribution in [2.24, 2.45) is 11.8 Å². The number of amides is 1. The number of Topliss-reactive ketones (excluding diaryl/α,β-unsaturated/α-hetero) is 2. The highest BCUT2D eigenvalue weighted by atomic mass is 16.5. The van der Waals surface area contributed by atoms with Crippen molar-refractivity contribution in [1.29, 1.82) is 0 Å². The van der Waals surface area contributed by atoms with Gasteiger partial charge in [0.2, 0.25) is 5.78 Å². The molecule has 1 amide bonds. The van der Waals surface area contributed by atoms with Crippen LogP contribution in [0.3, 0.4) is 0 Å². The SMILES string of the molecule is CN(C)C1C(=O)C(C(=O)NC2c3ccccc3Oc3ccccc32)=C(O)C2(O)C(=O)C3=C(O)c4c(O)cccc4C(C)(O)C3CC12. The summed E-state index contributed by atoms with van der Waals surface area (Å²) in [5.41, 5.74) is -4.67. The summed E-state index contributed by atoms with van der Waals surface area (Å²) in [6.07, 6.45) is -0.224. The molecule has 5 unspecified atom stereocenters. The maximum absolute atomic E-state index is 14.4. The number of nitrogens with zero attached hydrogens (tertiary/aromatic N) is 1. The Balaban J connectivity index is 1.37. The molecule has 3 aliphatic carbocycles. The lowest BCUT2D eigenvalue weighted by Crippen LogP contribution is -2.67. The Morgan fingerprint density at radius 3 is 2.13 bits per heavy atom. The number of ketones is 2. The number of aromatic hydroxyl groups is 1. The van der Waals surface area contributed by atoms with E-state index in [2.05, 4.69) is 5.32 Å². The number of carbonyl (C=O) groups excluding carboxylic acids is 3. The van der Waals surface area contributed by atoms with E-state index in [0.717, 1.165) is 0 Å². The molecule has 6 N–H and O–H groups in total. The van der Waals surface area contributed by atoms with Crippen molar-refractivity contribution >= 4 is 23.2 Å². The minimum atomic E-state index is -2.82. The number of fused-ring (bicyclic) bond motifs is 5. The van der Waals surface area contributed by atoms with Crippen LogP contribution in [0.15, 0.2) is 83.6 Å². The molecule has 1 heterocycles. The summed E-state index contributed by atoms with van der Waals surface area (Å²) in [4.78, 5) is 44.1. The van der Waals surface area contributed by atoms with Crippen molar-refractivity contribution in [2.45, 2.75) is 36.6 Å². The fourth-order valence-corrected chi connectivity index (χ4v) is 7.75. The van der Waals surface area contributed by atoms with Crippen LogP contribution in [-0.2, 0) is 20.0 Å². The number of aliphatic hydroxyl groups is 4. The van der Waals surface area contributed by atoms with E-state index in [1.165, 1.54) is 30.0 Å². The average Bonchev–Trinajstić information content (AvgIpc) is 3.01. The van der Waals surface area contributed by atoms with E-state index in [1.54, 1.807) is 62.6 Å². The van der Waals surface area contributed by atoms with Crippen molar-refractivity contribution in [3.63, 3.8) is 0 Å². The van der Waals surface area contributed by atoms with Crippen LogP contribution in [0.25, 0.3) is 5.76 Å². The monoisotopic (exact) mass is 624 g/mol. The zero-order chi connectivity index (χ0) is 32.9. The third kappa shape index (κ3) is 3.85. The molecule has 3 aromatic rings. The van der Waals surface area contributed by atoms with E-state index in [1.807, 2.05) is 0 Å². The molecule has 0 spiro atoms. The van der Waals surface area contributed by atoms with E-state index in [0.29, 0.717) is 22.6 Å². The summed E-state index contributed by atoms with van der Waals surface area (Å²) in [5.74, 6) is -6.68. The summed E-state index contributed by atoms with van der Waals surface area (Å²) < 4.78 is 6.00. The molecular formula is C35H32N2O9. The molecule has 46 heavy (non-hydrogen) atoms. The van der Waals surface area contributed by atoms with Gasteiger partial charge < -0.3 is 35.6 Å². The predicted octanol–water partition coefficient (Wildman–Crippen LogP) is 3.16. The van der Waals surface area contributed by atoms with Gasteiger partial charge in [0.1, 0.15) is 34.3 Å². The Hall–Kier alpha value is -4.97. The zero-order valence-electron chi connectivity index (χ0n) is 25.2. The Morgan fingerprint density at radius 1 is 0.913 bits per heavy atom. The quantitative estimate of drug-likeness (QED) is 0.237. The Labute approximate surface area is 263 Å². The van der Waals surface area contributed by atoms with Crippen LogP contribution in [-0.4, -0.2) is 73.6 Å². The molecule has 0 radical (unpaired) electrons. The second-order valence-electron chi connectivity index (χ2n) is 12.7. The smallest absolute Gasteiger partial charge is 0.259 e. The first-order chi connectivity index (χ1) is 21.8. The molecule has 11 nitrogen and oxygen atoms in total. The highest BCUT2D eigenvalue weighted by Crippen LogP contribution is 2.57. The lowest BCUT2D eigenvalue weighted by atomic mass is 9.54. The number of phenols is 1. The van der Waals surface area contributed by atoms with Crippen LogP contribution < -0.4 is 10.1 Å². The Bertz CT molecular complexity index is 1880. The van der Waals surface area contributed by atoms with Gasteiger partial charge in [-0.15, -0.1) is 0 Å². The number of aliphatic hydroxyl groups excluding tert-OH is 2. The fraction of sp³-hybridized carbons (Fsp3) is 0.286. The van der Waals surface area contributed by atoms with Crippen molar-refractivity contribution < 1.29 is 44.7 Å². The van der Waals surface area contributed by atoms with Gasteiger partial charge in [0.05, 0.1) is 23.2 Å². The van der Waals surface area contributed by atoms with E-state index >= 15 is 0 Å². The predicted molar refractivity (Wildman–Crippen MR) is 164 cm³/mol. The number of para-hydroxylation sites is 2. The van der Waals surface area contributed by atoms with E-state index in [4.69, 9.17) is 4.74 Å². The van der Waals surface area contributed by atoms with E-state index < -0.39 is 81.0 Å². The zero-order valence-corrected chi connectivity index (χ0v) is 25.2. The van der Waals surface area contributed by atoms with Gasteiger partial charge in [-0.2, -0.15) is 0 Å². The Kier molecular flexibility index (Phi) is 6.47. The van der Waals surface area contributed by atoms with Gasteiger partial charge >= 0.3 is 0 Å². The average molecular weight is 625 g/mol. The molecule has 1 saturated carbocycles. The van der Waals surface area contributed by atoms with E-state index in [9.17, 15) is 39.9 Å². The minimum Gasteiger partial charge on any atom is -0.508 e. The van der Waals surface area contributed by atoms with Gasteiger partial charge in [0.25, 0.3) is 5.91 Å². The van der Waals surface area contributed by atoms with Gasteiger partial charge in [0.15, 0.2) is 11.4 Å². The standard InChI is InChI=1S/C35H32N2O9/c1-34(44)18-11-8-12-21(38)24(18)29(39)25-19(34)15-20-28(37(2)3)30(40)26(32(42)35(20,45)31(25)41)33(43)36-27-16-9-4-6-13-22(16)46-23-14-7-5-10-17(23)27/h4-14,19-20,27-28,38-39,42,44-45H,15H2,1-3H3,(H,36,43). The summed E-state index contributed by atoms with van der Waals surface area (Å²) in [5, 5.41) is 60.4. The van der Waals surface area contributed by atoms with Crippen LogP contribution in [0.1, 0.15) is 41.6 Å². The van der Waals surface area contributed by atoms with Crippen LogP contribution in [0.5, 0.6) is 17.2 Å². The number of ether oxygens (including phenoxy) is 1. The van der Waals surface area contributed by atoms with Crippen LogP contribution in [0.2, 0.25) is 0 Å². The molecule has 0 bridgehead atoms. The highest BCUT2D eigenvalue weighted by Gasteiger charge is 2.66. The van der Waals surface area contributed by atoms with Crippen LogP contribution in [0.4, 0.5) is 0 Å². The third-order valence-corrected chi connectivity index (χ3v) is 9.96. The molecular weight excluding hydrogens is 592 g/mol. The molecule has 11 heteroatoms. The second kappa shape index (κ2) is 10.0. The maximum atomic E-state index is 14.4. The largest absolute Gasteiger partial charge is 0.508 e. The summed E-state index contributed by atoms with van der Waals surface area (Å²) in [6.45, 7) is 1.42. The topological polar surface area (TPSA) is 177 Å². The highest BCUT2D eigenvalue weighted by molar-refractivity contribution is 6.25. The molecule has 5 atom stereocenters. The van der Waals surface area contributed by atoms with Gasteiger partial charge in [-0.25, -0.2) is 0 Å². The normalized spacial score (nSPS) is 28.5. The van der Waals surface area contributed by atoms with E-state index in [-0.39, 0.29) is 17.5 Å². The van der Waals surface area contributed by atoms with Crippen molar-refractivity contribution in [1.82, 2.24) is 10.2 Å². The van der Waals surface area contributed by atoms with Gasteiger partial charge in [0, 0.05) is 28.5 Å². The molecule has 1 fully saturated rings. The van der Waals surface area contributed by atoms with Crippen LogP contribution in [0, 0.1) is 11.8 Å². The number of phenolic OH excluding ortho intramolecular Hbond substituents is 1. The summed E-state index contributed by atoms with van der Waals surface area (Å²) in [6, 6.07) is 16.2. The number of benzene rings is 3. The number of hydrogen-bond acceptors (Lipinski definition) is 10. The Morgan fingerprint density at radius 2 is 1.52 bits per heavy atom. The number of rotatable bonds is 3. The number of hydrogen-bond donors (Lipinski definition) is 6.